The van der Waals surface area contributed by atoms with E-state index >= 15 is 0 Å². The molecule has 0 aliphatic carbocycles. The van der Waals surface area contributed by atoms with Gasteiger partial charge in [0.25, 0.3) is 5.56 Å². The van der Waals surface area contributed by atoms with E-state index in [1.807, 2.05) is 30.3 Å². The highest BCUT2D eigenvalue weighted by Crippen LogP contribution is 2.21. The molecule has 0 saturated carbocycles. The van der Waals surface area contributed by atoms with Crippen molar-refractivity contribution in [2.24, 2.45) is 0 Å². The topological polar surface area (TPSA) is 65.6 Å². The van der Waals surface area contributed by atoms with Crippen LogP contribution in [0.4, 0.5) is 0 Å². The van der Waals surface area contributed by atoms with Crippen LogP contribution >= 0.6 is 23.2 Å². The molecule has 26 heavy (non-hydrogen) atoms. The standard InChI is InChI=1S/C18H13Cl2N5O/c19-16-14-11-25(23-17(14)22-18(20)21-16)10-13-6-4-12(5-7-13)9-24-8-2-1-3-15(24)26/h1-8,11H,9-10H2. The molecule has 0 saturated heterocycles. The smallest absolute Gasteiger partial charge is 0.250 e. The lowest BCUT2D eigenvalue weighted by Crippen LogP contribution is -2.18. The summed E-state index contributed by atoms with van der Waals surface area (Å²) < 4.78 is 3.41. The number of aromatic nitrogens is 5. The van der Waals surface area contributed by atoms with Crippen molar-refractivity contribution in [3.63, 3.8) is 0 Å². The normalized spacial score (nSPS) is 11.2. The van der Waals surface area contributed by atoms with Gasteiger partial charge in [-0.2, -0.15) is 10.1 Å². The van der Waals surface area contributed by atoms with Crippen LogP contribution in [-0.2, 0) is 13.1 Å². The Hall–Kier alpha value is -2.70. The molecule has 0 atom stereocenters. The molecular formula is C18H13Cl2N5O. The number of fused-ring (bicyclic) bond motifs is 1. The summed E-state index contributed by atoms with van der Waals surface area (Å²) >= 11 is 11.9. The zero-order chi connectivity index (χ0) is 18.1. The predicted molar refractivity (Wildman–Crippen MR) is 101 cm³/mol. The van der Waals surface area contributed by atoms with Crippen molar-refractivity contribution in [2.45, 2.75) is 13.1 Å². The number of rotatable bonds is 4. The fraction of sp³-hybridized carbons (Fsp3) is 0.111. The first kappa shape index (κ1) is 16.8. The SMILES string of the molecule is O=c1ccccn1Cc1ccc(Cn2cc3c(Cl)nc(Cl)nc3n2)cc1. The maximum atomic E-state index is 11.8. The summed E-state index contributed by atoms with van der Waals surface area (Å²) in [4.78, 5) is 19.8. The Kier molecular flexibility index (Phi) is 4.44. The largest absolute Gasteiger partial charge is 0.311 e. The third kappa shape index (κ3) is 3.47. The lowest BCUT2D eigenvalue weighted by atomic mass is 10.1. The van der Waals surface area contributed by atoms with Gasteiger partial charge in [0.2, 0.25) is 5.28 Å². The van der Waals surface area contributed by atoms with Crippen molar-refractivity contribution in [1.29, 1.82) is 0 Å². The first-order valence-corrected chi connectivity index (χ1v) is 8.63. The molecule has 130 valence electrons. The lowest BCUT2D eigenvalue weighted by molar-refractivity contribution is 0.692. The highest BCUT2D eigenvalue weighted by Gasteiger charge is 2.09. The van der Waals surface area contributed by atoms with Gasteiger partial charge in [-0.15, -0.1) is 0 Å². The zero-order valence-electron chi connectivity index (χ0n) is 13.5. The van der Waals surface area contributed by atoms with Gasteiger partial charge in [0.05, 0.1) is 18.5 Å². The summed E-state index contributed by atoms with van der Waals surface area (Å²) in [6, 6.07) is 13.2. The molecule has 0 unspecified atom stereocenters. The van der Waals surface area contributed by atoms with Crippen molar-refractivity contribution in [3.05, 3.63) is 86.8 Å². The van der Waals surface area contributed by atoms with E-state index in [4.69, 9.17) is 23.2 Å². The number of nitrogens with zero attached hydrogens (tertiary/aromatic N) is 5. The van der Waals surface area contributed by atoms with Gasteiger partial charge in [-0.25, -0.2) is 4.98 Å². The number of halogens is 2. The fourth-order valence-electron chi connectivity index (χ4n) is 2.70. The Morgan fingerprint density at radius 1 is 0.923 bits per heavy atom. The Morgan fingerprint density at radius 2 is 1.65 bits per heavy atom. The van der Waals surface area contributed by atoms with Gasteiger partial charge in [0, 0.05) is 18.5 Å². The van der Waals surface area contributed by atoms with E-state index in [-0.39, 0.29) is 16.0 Å². The Morgan fingerprint density at radius 3 is 2.38 bits per heavy atom. The Bertz CT molecular complexity index is 1130. The summed E-state index contributed by atoms with van der Waals surface area (Å²) in [6.45, 7) is 1.10. The van der Waals surface area contributed by atoms with Crippen molar-refractivity contribution in [2.75, 3.05) is 0 Å². The maximum absolute atomic E-state index is 11.8. The molecule has 3 aromatic heterocycles. The average molecular weight is 386 g/mol. The average Bonchev–Trinajstić information content (AvgIpc) is 3.01. The van der Waals surface area contributed by atoms with Gasteiger partial charge in [-0.05, 0) is 28.8 Å². The molecule has 0 aliphatic rings. The van der Waals surface area contributed by atoms with Crippen molar-refractivity contribution >= 4 is 34.2 Å². The molecule has 4 aromatic rings. The van der Waals surface area contributed by atoms with Crippen molar-refractivity contribution in [1.82, 2.24) is 24.3 Å². The van der Waals surface area contributed by atoms with Crippen LogP contribution < -0.4 is 5.56 Å². The predicted octanol–water partition coefficient (Wildman–Crippen LogP) is 3.39. The van der Waals surface area contributed by atoms with Crippen LogP contribution in [0.25, 0.3) is 11.0 Å². The molecule has 0 bridgehead atoms. The minimum atomic E-state index is -0.0172. The minimum Gasteiger partial charge on any atom is -0.311 e. The van der Waals surface area contributed by atoms with Crippen LogP contribution in [0.15, 0.2) is 59.7 Å². The summed E-state index contributed by atoms with van der Waals surface area (Å²) in [5, 5.41) is 5.41. The molecule has 4 rings (SSSR count). The van der Waals surface area contributed by atoms with E-state index in [9.17, 15) is 4.79 Å². The van der Waals surface area contributed by atoms with Gasteiger partial charge in [0.15, 0.2) is 5.65 Å². The van der Waals surface area contributed by atoms with E-state index < -0.39 is 0 Å². The highest BCUT2D eigenvalue weighted by molar-refractivity contribution is 6.35. The molecule has 0 fully saturated rings. The molecular weight excluding hydrogens is 373 g/mol. The number of hydrogen-bond donors (Lipinski definition) is 0. The lowest BCUT2D eigenvalue weighted by Gasteiger charge is -2.07. The van der Waals surface area contributed by atoms with Gasteiger partial charge < -0.3 is 4.57 Å². The van der Waals surface area contributed by atoms with Crippen LogP contribution in [-0.4, -0.2) is 24.3 Å². The highest BCUT2D eigenvalue weighted by atomic mass is 35.5. The van der Waals surface area contributed by atoms with E-state index in [1.165, 1.54) is 0 Å². The first-order chi connectivity index (χ1) is 12.6. The molecule has 3 heterocycles. The van der Waals surface area contributed by atoms with Crippen molar-refractivity contribution < 1.29 is 0 Å². The van der Waals surface area contributed by atoms with Crippen LogP contribution in [0.5, 0.6) is 0 Å². The maximum Gasteiger partial charge on any atom is 0.250 e. The van der Waals surface area contributed by atoms with E-state index in [0.717, 1.165) is 11.1 Å². The number of pyridine rings is 1. The van der Waals surface area contributed by atoms with Crippen LogP contribution in [0.3, 0.4) is 0 Å². The molecule has 0 aliphatic heterocycles. The van der Waals surface area contributed by atoms with Crippen LogP contribution in [0.1, 0.15) is 11.1 Å². The monoisotopic (exact) mass is 385 g/mol. The van der Waals surface area contributed by atoms with Gasteiger partial charge in [0.1, 0.15) is 5.15 Å². The first-order valence-electron chi connectivity index (χ1n) is 7.88. The molecule has 0 amide bonds. The van der Waals surface area contributed by atoms with Gasteiger partial charge in [-0.1, -0.05) is 41.9 Å². The second-order valence-electron chi connectivity index (χ2n) is 5.83. The fourth-order valence-corrected chi connectivity index (χ4v) is 3.12. The molecule has 0 N–H and O–H groups in total. The molecule has 0 spiro atoms. The third-order valence-corrected chi connectivity index (χ3v) is 4.43. The van der Waals surface area contributed by atoms with E-state index in [2.05, 4.69) is 15.1 Å². The van der Waals surface area contributed by atoms with Crippen molar-refractivity contribution in [3.8, 4) is 0 Å². The molecule has 6 nitrogen and oxygen atoms in total. The summed E-state index contributed by atoms with van der Waals surface area (Å²) in [5.41, 5.74) is 2.57. The molecule has 1 aromatic carbocycles. The third-order valence-electron chi connectivity index (χ3n) is 3.97. The Balaban J connectivity index is 1.53. The molecule has 8 heteroatoms. The van der Waals surface area contributed by atoms with E-state index in [0.29, 0.717) is 24.1 Å². The number of benzene rings is 1. The summed E-state index contributed by atoms with van der Waals surface area (Å²) in [7, 11) is 0. The quantitative estimate of drug-likeness (QED) is 0.398. The van der Waals surface area contributed by atoms with Crippen LogP contribution in [0.2, 0.25) is 10.4 Å². The van der Waals surface area contributed by atoms with Gasteiger partial charge in [-0.3, -0.25) is 9.48 Å². The van der Waals surface area contributed by atoms with Crippen LogP contribution in [0, 0.1) is 0 Å². The minimum absolute atomic E-state index is 0.0172. The van der Waals surface area contributed by atoms with E-state index in [1.54, 1.807) is 33.8 Å². The summed E-state index contributed by atoms with van der Waals surface area (Å²) in [5.74, 6) is 0. The van der Waals surface area contributed by atoms with Gasteiger partial charge >= 0.3 is 0 Å². The summed E-state index contributed by atoms with van der Waals surface area (Å²) in [6.07, 6.45) is 3.58. The second-order valence-corrected chi connectivity index (χ2v) is 6.53. The Labute approximate surface area is 158 Å². The second kappa shape index (κ2) is 6.90. The molecule has 0 radical (unpaired) electrons. The number of hydrogen-bond acceptors (Lipinski definition) is 4. The zero-order valence-corrected chi connectivity index (χ0v) is 15.0.